The first-order valence-corrected chi connectivity index (χ1v) is 7.87. The van der Waals surface area contributed by atoms with Crippen LogP contribution < -0.4 is 0 Å². The minimum absolute atomic E-state index is 0.169. The Kier molecular flexibility index (Phi) is 3.67. The molecule has 1 aliphatic carbocycles. The second-order valence-corrected chi connectivity index (χ2v) is 6.30. The van der Waals surface area contributed by atoms with Crippen LogP contribution in [0.3, 0.4) is 0 Å². The van der Waals surface area contributed by atoms with Crippen LogP contribution in [-0.4, -0.2) is 52.5 Å². The van der Waals surface area contributed by atoms with Crippen LogP contribution in [0.25, 0.3) is 0 Å². The van der Waals surface area contributed by atoms with Gasteiger partial charge in [-0.3, -0.25) is 9.69 Å². The Morgan fingerprint density at radius 1 is 1.32 bits per heavy atom. The molecular weight excluding hydrogens is 306 g/mol. The predicted octanol–water partition coefficient (Wildman–Crippen LogP) is 2.19. The fourth-order valence-electron chi connectivity index (χ4n) is 2.81. The summed E-state index contributed by atoms with van der Waals surface area (Å²) in [5.74, 6) is 0.169. The molecule has 1 saturated carbocycles. The Labute approximate surface area is 122 Å². The van der Waals surface area contributed by atoms with E-state index in [-0.39, 0.29) is 5.91 Å². The first-order chi connectivity index (χ1) is 9.19. The maximum atomic E-state index is 12.6. The number of carbonyl (C=O) groups is 1. The van der Waals surface area contributed by atoms with Crippen molar-refractivity contribution in [3.63, 3.8) is 0 Å². The summed E-state index contributed by atoms with van der Waals surface area (Å²) in [5.41, 5.74) is 0.800. The van der Waals surface area contributed by atoms with Gasteiger partial charge in [0.2, 0.25) is 0 Å². The number of hydrogen-bond acceptors (Lipinski definition) is 2. The number of carbonyl (C=O) groups excluding carboxylic acids is 1. The third-order valence-electron chi connectivity index (χ3n) is 4.09. The summed E-state index contributed by atoms with van der Waals surface area (Å²) in [6.07, 6.45) is 4.67. The smallest absolute Gasteiger partial charge is 0.270 e. The third-order valence-corrected chi connectivity index (χ3v) is 4.52. The van der Waals surface area contributed by atoms with Crippen LogP contribution in [-0.2, 0) is 6.54 Å². The Morgan fingerprint density at radius 2 is 2.00 bits per heavy atom. The van der Waals surface area contributed by atoms with Crippen LogP contribution in [0.15, 0.2) is 16.7 Å². The second-order valence-electron chi connectivity index (χ2n) is 5.39. The normalized spacial score (nSPS) is 20.8. The fraction of sp³-hybridized carbons (Fsp3) is 0.643. The van der Waals surface area contributed by atoms with Gasteiger partial charge in [0.15, 0.2) is 0 Å². The number of nitrogens with zero attached hydrogens (tertiary/aromatic N) is 3. The molecule has 0 aromatic carbocycles. The van der Waals surface area contributed by atoms with Crippen molar-refractivity contribution in [3.05, 3.63) is 22.4 Å². The minimum atomic E-state index is 0.169. The molecule has 0 radical (unpaired) electrons. The zero-order chi connectivity index (χ0) is 13.4. The van der Waals surface area contributed by atoms with Gasteiger partial charge in [-0.1, -0.05) is 0 Å². The van der Waals surface area contributed by atoms with Crippen molar-refractivity contribution in [2.75, 3.05) is 26.2 Å². The van der Waals surface area contributed by atoms with Crippen LogP contribution in [0.4, 0.5) is 0 Å². The maximum absolute atomic E-state index is 12.6. The minimum Gasteiger partial charge on any atom is -0.343 e. The molecule has 3 rings (SSSR count). The summed E-state index contributed by atoms with van der Waals surface area (Å²) in [6, 6.07) is 2.74. The topological polar surface area (TPSA) is 28.5 Å². The molecule has 1 aromatic rings. The summed E-state index contributed by atoms with van der Waals surface area (Å²) < 4.78 is 2.99. The maximum Gasteiger partial charge on any atom is 0.270 e. The standard InChI is InChI=1S/C14H20BrN3O/c1-2-16-10-11(15)9-13(16)14(19)18-7-5-17(6-8-18)12-3-4-12/h9-10,12H,2-8H2,1H3. The molecule has 1 amide bonds. The molecule has 2 fully saturated rings. The summed E-state index contributed by atoms with van der Waals surface area (Å²) in [6.45, 7) is 6.68. The van der Waals surface area contributed by atoms with E-state index in [1.54, 1.807) is 0 Å². The highest BCUT2D eigenvalue weighted by atomic mass is 79.9. The highest BCUT2D eigenvalue weighted by Crippen LogP contribution is 2.27. The average Bonchev–Trinajstić information content (AvgIpc) is 3.21. The van der Waals surface area contributed by atoms with Crippen molar-refractivity contribution in [3.8, 4) is 0 Å². The van der Waals surface area contributed by atoms with Crippen LogP contribution in [0.2, 0.25) is 0 Å². The molecule has 0 atom stereocenters. The molecule has 4 nitrogen and oxygen atoms in total. The van der Waals surface area contributed by atoms with Crippen molar-refractivity contribution in [2.45, 2.75) is 32.4 Å². The first-order valence-electron chi connectivity index (χ1n) is 7.08. The lowest BCUT2D eigenvalue weighted by Crippen LogP contribution is -2.49. The van der Waals surface area contributed by atoms with Crippen molar-refractivity contribution in [2.24, 2.45) is 0 Å². The number of halogens is 1. The number of aromatic nitrogens is 1. The number of amides is 1. The lowest BCUT2D eigenvalue weighted by Gasteiger charge is -2.34. The predicted molar refractivity (Wildman–Crippen MR) is 78.3 cm³/mol. The van der Waals surface area contributed by atoms with E-state index in [4.69, 9.17) is 0 Å². The van der Waals surface area contributed by atoms with Crippen molar-refractivity contribution in [1.82, 2.24) is 14.4 Å². The Hall–Kier alpha value is -0.810. The molecule has 0 N–H and O–H groups in total. The van der Waals surface area contributed by atoms with Crippen molar-refractivity contribution >= 4 is 21.8 Å². The molecule has 104 valence electrons. The van der Waals surface area contributed by atoms with E-state index in [1.165, 1.54) is 12.8 Å². The fourth-order valence-corrected chi connectivity index (χ4v) is 3.27. The highest BCUT2D eigenvalue weighted by molar-refractivity contribution is 9.10. The van der Waals surface area contributed by atoms with Gasteiger partial charge in [-0.05, 0) is 41.8 Å². The van der Waals surface area contributed by atoms with E-state index >= 15 is 0 Å². The van der Waals surface area contributed by atoms with Gasteiger partial charge in [-0.2, -0.15) is 0 Å². The highest BCUT2D eigenvalue weighted by Gasteiger charge is 2.32. The second kappa shape index (κ2) is 5.29. The van der Waals surface area contributed by atoms with Gasteiger partial charge < -0.3 is 9.47 Å². The summed E-state index contributed by atoms with van der Waals surface area (Å²) >= 11 is 3.45. The lowest BCUT2D eigenvalue weighted by atomic mass is 10.2. The van der Waals surface area contributed by atoms with Gasteiger partial charge in [-0.25, -0.2) is 0 Å². The Morgan fingerprint density at radius 3 is 2.58 bits per heavy atom. The van der Waals surface area contributed by atoms with E-state index in [9.17, 15) is 4.79 Å². The third kappa shape index (κ3) is 2.72. The number of piperazine rings is 1. The SMILES string of the molecule is CCn1cc(Br)cc1C(=O)N1CCN(C2CC2)CC1. The molecule has 0 spiro atoms. The molecule has 0 bridgehead atoms. The van der Waals surface area contributed by atoms with E-state index in [0.29, 0.717) is 0 Å². The van der Waals surface area contributed by atoms with Crippen LogP contribution in [0.1, 0.15) is 30.3 Å². The Bertz CT molecular complexity index is 473. The Balaban J connectivity index is 1.66. The zero-order valence-corrected chi connectivity index (χ0v) is 12.9. The van der Waals surface area contributed by atoms with E-state index in [0.717, 1.165) is 48.9 Å². The molecule has 1 saturated heterocycles. The van der Waals surface area contributed by atoms with Gasteiger partial charge in [0, 0.05) is 49.4 Å². The van der Waals surface area contributed by atoms with E-state index in [1.807, 2.05) is 21.7 Å². The lowest BCUT2D eigenvalue weighted by molar-refractivity contribution is 0.0617. The van der Waals surface area contributed by atoms with E-state index < -0.39 is 0 Å². The summed E-state index contributed by atoms with van der Waals surface area (Å²) in [4.78, 5) is 17.1. The monoisotopic (exact) mass is 325 g/mol. The van der Waals surface area contributed by atoms with Crippen molar-refractivity contribution < 1.29 is 4.79 Å². The van der Waals surface area contributed by atoms with Gasteiger partial charge >= 0.3 is 0 Å². The molecule has 2 aliphatic rings. The molecule has 1 aliphatic heterocycles. The summed E-state index contributed by atoms with van der Waals surface area (Å²) in [7, 11) is 0. The molecule has 1 aromatic heterocycles. The number of hydrogen-bond donors (Lipinski definition) is 0. The average molecular weight is 326 g/mol. The van der Waals surface area contributed by atoms with Crippen LogP contribution in [0, 0.1) is 0 Å². The van der Waals surface area contributed by atoms with Crippen molar-refractivity contribution in [1.29, 1.82) is 0 Å². The number of aryl methyl sites for hydroxylation is 1. The van der Waals surface area contributed by atoms with Crippen LogP contribution in [0.5, 0.6) is 0 Å². The quantitative estimate of drug-likeness (QED) is 0.852. The van der Waals surface area contributed by atoms with Gasteiger partial charge in [0.25, 0.3) is 5.91 Å². The van der Waals surface area contributed by atoms with Crippen LogP contribution >= 0.6 is 15.9 Å². The first kappa shape index (κ1) is 13.2. The number of rotatable bonds is 3. The van der Waals surface area contributed by atoms with Gasteiger partial charge in [0.1, 0.15) is 5.69 Å². The molecule has 19 heavy (non-hydrogen) atoms. The molecule has 2 heterocycles. The zero-order valence-electron chi connectivity index (χ0n) is 11.3. The van der Waals surface area contributed by atoms with Gasteiger partial charge in [0.05, 0.1) is 0 Å². The molecular formula is C14H20BrN3O. The van der Waals surface area contributed by atoms with E-state index in [2.05, 4.69) is 27.8 Å². The summed E-state index contributed by atoms with van der Waals surface area (Å²) in [5, 5.41) is 0. The largest absolute Gasteiger partial charge is 0.343 e. The molecule has 0 unspecified atom stereocenters. The van der Waals surface area contributed by atoms with Gasteiger partial charge in [-0.15, -0.1) is 0 Å². The molecule has 5 heteroatoms.